The lowest BCUT2D eigenvalue weighted by atomic mass is 10.5. The second-order valence-electron chi connectivity index (χ2n) is 2.88. The number of primary amides is 1. The summed E-state index contributed by atoms with van der Waals surface area (Å²) in [6.07, 6.45) is 0. The van der Waals surface area contributed by atoms with E-state index in [1.165, 1.54) is 0 Å². The number of H-pyrrole nitrogens is 3. The van der Waals surface area contributed by atoms with E-state index in [2.05, 4.69) is 15.0 Å². The zero-order valence-corrected chi connectivity index (χ0v) is 7.66. The molecule has 2 rings (SSSR count). The van der Waals surface area contributed by atoms with Crippen LogP contribution in [0.15, 0.2) is 14.4 Å². The molecule has 2 aromatic rings. The summed E-state index contributed by atoms with van der Waals surface area (Å²) in [6.45, 7) is 0. The number of amides is 2. The van der Waals surface area contributed by atoms with Gasteiger partial charge in [0.1, 0.15) is 5.65 Å². The van der Waals surface area contributed by atoms with Crippen LogP contribution >= 0.6 is 0 Å². The standard InChI is InChI=1S/C6H6N6O4/c7-4(14)11-12-3(13)1-2(10-6(12)16)9-5(15)8-1/h(H,10,16)(H3,7,11,14)(H2,8,9,15). The molecule has 2 amide bonds. The Kier molecular flexibility index (Phi) is 1.90. The number of carbonyl (C=O) groups excluding carboxylic acids is 1. The van der Waals surface area contributed by atoms with E-state index in [-0.39, 0.29) is 11.2 Å². The maximum atomic E-state index is 11.6. The Balaban J connectivity index is 2.85. The van der Waals surface area contributed by atoms with Crippen molar-refractivity contribution in [3.05, 3.63) is 31.3 Å². The number of carbonyl (C=O) groups is 1. The van der Waals surface area contributed by atoms with E-state index in [1.807, 2.05) is 0 Å². The molecule has 0 atom stereocenters. The lowest BCUT2D eigenvalue weighted by molar-refractivity contribution is 0.256. The Labute approximate surface area is 85.1 Å². The zero-order valence-electron chi connectivity index (χ0n) is 7.66. The predicted molar refractivity (Wildman–Crippen MR) is 52.7 cm³/mol. The molecule has 84 valence electrons. The van der Waals surface area contributed by atoms with Crippen LogP contribution in [-0.2, 0) is 0 Å². The number of aromatic amines is 3. The molecule has 0 aliphatic carbocycles. The monoisotopic (exact) mass is 226 g/mol. The number of rotatable bonds is 1. The molecule has 6 N–H and O–H groups in total. The number of hydrogen-bond donors (Lipinski definition) is 5. The largest absolute Gasteiger partial charge is 0.350 e. The minimum atomic E-state index is -1.08. The molecule has 10 heteroatoms. The van der Waals surface area contributed by atoms with Crippen LogP contribution in [-0.4, -0.2) is 25.7 Å². The summed E-state index contributed by atoms with van der Waals surface area (Å²) >= 11 is 0. The van der Waals surface area contributed by atoms with Gasteiger partial charge in [-0.1, -0.05) is 0 Å². The van der Waals surface area contributed by atoms with Gasteiger partial charge in [-0.25, -0.2) is 19.8 Å². The fourth-order valence-electron chi connectivity index (χ4n) is 1.22. The summed E-state index contributed by atoms with van der Waals surface area (Å²) < 4.78 is 0.356. The quantitative estimate of drug-likeness (QED) is 0.359. The molecule has 0 aromatic carbocycles. The number of hydrogen-bond acceptors (Lipinski definition) is 4. The van der Waals surface area contributed by atoms with Crippen molar-refractivity contribution in [1.29, 1.82) is 0 Å². The summed E-state index contributed by atoms with van der Waals surface area (Å²) in [5, 5.41) is 0. The average molecular weight is 226 g/mol. The first kappa shape index (κ1) is 9.76. The van der Waals surface area contributed by atoms with Gasteiger partial charge in [0, 0.05) is 0 Å². The van der Waals surface area contributed by atoms with Gasteiger partial charge in [-0.3, -0.25) is 19.7 Å². The molecule has 0 aliphatic heterocycles. The second-order valence-corrected chi connectivity index (χ2v) is 2.88. The van der Waals surface area contributed by atoms with Crippen LogP contribution in [0.4, 0.5) is 4.79 Å². The first-order chi connectivity index (χ1) is 7.49. The van der Waals surface area contributed by atoms with Gasteiger partial charge in [0.15, 0.2) is 5.52 Å². The molecule has 0 bridgehead atoms. The third-order valence-corrected chi connectivity index (χ3v) is 1.80. The van der Waals surface area contributed by atoms with Gasteiger partial charge < -0.3 is 5.73 Å². The Morgan fingerprint density at radius 2 is 1.88 bits per heavy atom. The molecule has 0 radical (unpaired) electrons. The highest BCUT2D eigenvalue weighted by Gasteiger charge is 2.10. The molecule has 0 spiro atoms. The van der Waals surface area contributed by atoms with E-state index in [0.29, 0.717) is 4.68 Å². The normalized spacial score (nSPS) is 10.5. The number of imidazole rings is 1. The molecule has 2 aromatic heterocycles. The van der Waals surface area contributed by atoms with E-state index in [1.54, 1.807) is 5.43 Å². The fraction of sp³-hybridized carbons (Fsp3) is 0. The number of aromatic nitrogens is 4. The maximum Gasteiger partial charge on any atom is 0.349 e. The number of fused-ring (bicyclic) bond motifs is 1. The first-order valence-electron chi connectivity index (χ1n) is 4.03. The van der Waals surface area contributed by atoms with Crippen molar-refractivity contribution in [3.8, 4) is 0 Å². The second kappa shape index (κ2) is 3.12. The first-order valence-corrected chi connectivity index (χ1v) is 4.03. The Hall–Kier alpha value is -2.78. The summed E-state index contributed by atoms with van der Waals surface area (Å²) in [5.41, 5.74) is 3.88. The molecular weight excluding hydrogens is 220 g/mol. The van der Waals surface area contributed by atoms with Crippen molar-refractivity contribution in [1.82, 2.24) is 19.6 Å². The average Bonchev–Trinajstić information content (AvgIpc) is 2.53. The lowest BCUT2D eigenvalue weighted by Gasteiger charge is -2.02. The minimum absolute atomic E-state index is 0.0532. The van der Waals surface area contributed by atoms with E-state index >= 15 is 0 Å². The summed E-state index contributed by atoms with van der Waals surface area (Å²) in [5.74, 6) is 0. The van der Waals surface area contributed by atoms with E-state index in [4.69, 9.17) is 5.73 Å². The summed E-state index contributed by atoms with van der Waals surface area (Å²) in [4.78, 5) is 50.8. The maximum absolute atomic E-state index is 11.6. The third-order valence-electron chi connectivity index (χ3n) is 1.80. The van der Waals surface area contributed by atoms with Crippen molar-refractivity contribution in [2.24, 2.45) is 5.73 Å². The minimum Gasteiger partial charge on any atom is -0.350 e. The molecule has 0 aliphatic rings. The van der Waals surface area contributed by atoms with Gasteiger partial charge >= 0.3 is 23.0 Å². The third kappa shape index (κ3) is 1.37. The molecule has 2 heterocycles. The van der Waals surface area contributed by atoms with Crippen molar-refractivity contribution in [3.63, 3.8) is 0 Å². The van der Waals surface area contributed by atoms with Crippen LogP contribution in [0, 0.1) is 0 Å². The highest BCUT2D eigenvalue weighted by molar-refractivity contribution is 5.80. The Bertz CT molecular complexity index is 730. The fourth-order valence-corrected chi connectivity index (χ4v) is 1.22. The van der Waals surface area contributed by atoms with E-state index in [0.717, 1.165) is 0 Å². The summed E-state index contributed by atoms with van der Waals surface area (Å²) in [6, 6.07) is -1.08. The Morgan fingerprint density at radius 3 is 2.50 bits per heavy atom. The molecule has 0 saturated carbocycles. The topological polar surface area (TPSA) is 159 Å². The lowest BCUT2D eigenvalue weighted by Crippen LogP contribution is -2.45. The number of nitrogens with two attached hydrogens (primary N) is 1. The summed E-state index contributed by atoms with van der Waals surface area (Å²) in [7, 11) is 0. The van der Waals surface area contributed by atoms with Crippen LogP contribution in [0.1, 0.15) is 0 Å². The van der Waals surface area contributed by atoms with Gasteiger partial charge in [0.25, 0.3) is 0 Å². The van der Waals surface area contributed by atoms with Crippen LogP contribution in [0.25, 0.3) is 11.2 Å². The van der Waals surface area contributed by atoms with E-state index < -0.39 is 23.0 Å². The van der Waals surface area contributed by atoms with Crippen molar-refractivity contribution in [2.75, 3.05) is 5.43 Å². The molecular formula is C6H6N6O4. The van der Waals surface area contributed by atoms with Gasteiger partial charge in [-0.05, 0) is 0 Å². The van der Waals surface area contributed by atoms with Gasteiger partial charge in [0.2, 0.25) is 0 Å². The molecule has 0 fully saturated rings. The van der Waals surface area contributed by atoms with E-state index in [9.17, 15) is 19.2 Å². The molecule has 0 unspecified atom stereocenters. The predicted octanol–water partition coefficient (Wildman–Crippen LogP) is -2.67. The highest BCUT2D eigenvalue weighted by Crippen LogP contribution is 1.90. The number of urea groups is 1. The number of nitrogens with one attached hydrogen (secondary N) is 4. The smallest absolute Gasteiger partial charge is 0.349 e. The molecule has 10 nitrogen and oxygen atoms in total. The SMILES string of the molecule is NC(=O)Nn1c(=O)[nH]c2[nH]c(=O)[nH]c2c1=O. The van der Waals surface area contributed by atoms with Crippen LogP contribution in [0.3, 0.4) is 0 Å². The van der Waals surface area contributed by atoms with Crippen LogP contribution in [0.2, 0.25) is 0 Å². The number of nitrogens with zero attached hydrogens (tertiary/aromatic N) is 1. The van der Waals surface area contributed by atoms with Gasteiger partial charge in [-0.2, -0.15) is 4.68 Å². The highest BCUT2D eigenvalue weighted by atomic mass is 16.2. The van der Waals surface area contributed by atoms with Crippen molar-refractivity contribution < 1.29 is 4.79 Å². The Morgan fingerprint density at radius 1 is 1.19 bits per heavy atom. The van der Waals surface area contributed by atoms with Gasteiger partial charge in [-0.15, -0.1) is 0 Å². The van der Waals surface area contributed by atoms with Gasteiger partial charge in [0.05, 0.1) is 0 Å². The van der Waals surface area contributed by atoms with Crippen molar-refractivity contribution >= 4 is 17.2 Å². The molecule has 16 heavy (non-hydrogen) atoms. The zero-order chi connectivity index (χ0) is 11.9. The van der Waals surface area contributed by atoms with Crippen LogP contribution < -0.4 is 28.1 Å². The van der Waals surface area contributed by atoms with Crippen LogP contribution in [0.5, 0.6) is 0 Å². The molecule has 0 saturated heterocycles. The van der Waals surface area contributed by atoms with Crippen molar-refractivity contribution in [2.45, 2.75) is 0 Å².